The lowest BCUT2D eigenvalue weighted by Crippen LogP contribution is -2.43. The molecule has 0 amide bonds. The molecule has 0 fully saturated rings. The summed E-state index contributed by atoms with van der Waals surface area (Å²) in [5.41, 5.74) is -1.72. The zero-order valence-electron chi connectivity index (χ0n) is 37.6. The zero-order valence-corrected chi connectivity index (χ0v) is 37.6. The Morgan fingerprint density at radius 2 is 1.00 bits per heavy atom. The summed E-state index contributed by atoms with van der Waals surface area (Å²) in [5, 5.41) is 20.5. The second kappa shape index (κ2) is 37.9. The Balaban J connectivity index is 5.53. The largest absolute Gasteiger partial charge is 0.508 e. The predicted octanol–water partition coefficient (Wildman–Crippen LogP) is 13.1. The quantitative estimate of drug-likeness (QED) is 0.0452. The number of carbonyl (C=O) groups excluding carboxylic acids is 2. The van der Waals surface area contributed by atoms with E-state index in [2.05, 4.69) is 39.5 Å². The molecule has 57 heavy (non-hydrogen) atoms. The molecule has 3 unspecified atom stereocenters. The number of hydrogen-bond acceptors (Lipinski definition) is 8. The lowest BCUT2D eigenvalue weighted by atomic mass is 9.87. The maximum atomic E-state index is 13.5. The summed E-state index contributed by atoms with van der Waals surface area (Å²) in [7, 11) is 0. The Morgan fingerprint density at radius 3 is 1.49 bits per heavy atom. The molecule has 336 valence electrons. The van der Waals surface area contributed by atoms with Gasteiger partial charge in [-0.1, -0.05) is 163 Å². The van der Waals surface area contributed by atoms with E-state index in [9.17, 15) is 29.4 Å². The van der Waals surface area contributed by atoms with Crippen molar-refractivity contribution in [2.75, 3.05) is 26.2 Å². The molecule has 0 aromatic carbocycles. The van der Waals surface area contributed by atoms with Crippen molar-refractivity contribution in [3.63, 3.8) is 0 Å². The summed E-state index contributed by atoms with van der Waals surface area (Å²) in [6.45, 7) is 13.7. The predicted molar refractivity (Wildman–Crippen MR) is 232 cm³/mol. The normalized spacial score (nSPS) is 13.6. The SMILES string of the molecule is CCCCCCCCCCCCC(CCC(=O)OC(CCCCCCCC)(CCCC(CCCCCCCC)C(=O)O)C(=O)O)OC(=O)OCCCN(CC)CC. The van der Waals surface area contributed by atoms with Gasteiger partial charge < -0.3 is 29.3 Å². The van der Waals surface area contributed by atoms with E-state index in [-0.39, 0.29) is 32.3 Å². The number of unbranched alkanes of at least 4 members (excludes halogenated alkanes) is 19. The highest BCUT2D eigenvalue weighted by atomic mass is 16.7. The number of carboxylic acid groups (broad SMARTS) is 2. The topological polar surface area (TPSA) is 140 Å². The highest BCUT2D eigenvalue weighted by Crippen LogP contribution is 2.31. The molecule has 0 aliphatic heterocycles. The van der Waals surface area contributed by atoms with Gasteiger partial charge in [-0.25, -0.2) is 9.59 Å². The molecule has 0 spiro atoms. The van der Waals surface area contributed by atoms with Gasteiger partial charge in [0.2, 0.25) is 5.60 Å². The molecule has 0 rings (SSSR count). The molecule has 0 aromatic rings. The van der Waals surface area contributed by atoms with Gasteiger partial charge in [-0.3, -0.25) is 9.59 Å². The average Bonchev–Trinajstić information content (AvgIpc) is 3.19. The van der Waals surface area contributed by atoms with Crippen molar-refractivity contribution in [2.45, 2.75) is 245 Å². The number of nitrogens with zero attached hydrogens (tertiary/aromatic N) is 1. The van der Waals surface area contributed by atoms with E-state index in [1.807, 2.05) is 0 Å². The molecule has 0 saturated heterocycles. The van der Waals surface area contributed by atoms with E-state index in [0.29, 0.717) is 38.5 Å². The fourth-order valence-electron chi connectivity index (χ4n) is 7.69. The van der Waals surface area contributed by atoms with Crippen LogP contribution >= 0.6 is 0 Å². The molecule has 0 saturated carbocycles. The van der Waals surface area contributed by atoms with Gasteiger partial charge in [0.25, 0.3) is 0 Å². The molecule has 3 atom stereocenters. The highest BCUT2D eigenvalue weighted by Gasteiger charge is 2.42. The maximum Gasteiger partial charge on any atom is 0.508 e. The van der Waals surface area contributed by atoms with Gasteiger partial charge >= 0.3 is 24.1 Å². The maximum absolute atomic E-state index is 13.5. The monoisotopic (exact) mass is 812 g/mol. The van der Waals surface area contributed by atoms with Gasteiger partial charge in [-0.15, -0.1) is 0 Å². The lowest BCUT2D eigenvalue weighted by Gasteiger charge is -2.30. The molecule has 10 heteroatoms. The zero-order chi connectivity index (χ0) is 42.4. The van der Waals surface area contributed by atoms with Crippen molar-refractivity contribution in [1.29, 1.82) is 0 Å². The van der Waals surface area contributed by atoms with E-state index >= 15 is 0 Å². The van der Waals surface area contributed by atoms with Crippen LogP contribution in [0.25, 0.3) is 0 Å². The first-order valence-electron chi connectivity index (χ1n) is 23.8. The van der Waals surface area contributed by atoms with Gasteiger partial charge in [0.1, 0.15) is 6.10 Å². The van der Waals surface area contributed by atoms with Crippen LogP contribution in [0.5, 0.6) is 0 Å². The smallest absolute Gasteiger partial charge is 0.481 e. The average molecular weight is 812 g/mol. The Kier molecular flexibility index (Phi) is 36.3. The van der Waals surface area contributed by atoms with Crippen LogP contribution in [0.2, 0.25) is 0 Å². The van der Waals surface area contributed by atoms with E-state index in [1.165, 1.54) is 51.4 Å². The lowest BCUT2D eigenvalue weighted by molar-refractivity contribution is -0.181. The molecule has 0 aromatic heterocycles. The Labute approximate surface area is 349 Å². The minimum Gasteiger partial charge on any atom is -0.481 e. The number of aliphatic carboxylic acids is 2. The second-order valence-corrected chi connectivity index (χ2v) is 16.5. The molecule has 0 heterocycles. The van der Waals surface area contributed by atoms with Crippen LogP contribution in [0.15, 0.2) is 0 Å². The number of ether oxygens (including phenoxy) is 3. The van der Waals surface area contributed by atoms with Crippen molar-refractivity contribution in [2.24, 2.45) is 5.92 Å². The summed E-state index contributed by atoms with van der Waals surface area (Å²) < 4.78 is 17.1. The summed E-state index contributed by atoms with van der Waals surface area (Å²) in [6.07, 6.45) is 25.6. The number of rotatable bonds is 42. The van der Waals surface area contributed by atoms with Crippen molar-refractivity contribution < 1.29 is 43.6 Å². The summed E-state index contributed by atoms with van der Waals surface area (Å²) in [4.78, 5) is 53.6. The molecule has 2 N–H and O–H groups in total. The second-order valence-electron chi connectivity index (χ2n) is 16.5. The minimum absolute atomic E-state index is 0.0711. The van der Waals surface area contributed by atoms with Crippen molar-refractivity contribution in [1.82, 2.24) is 4.90 Å². The van der Waals surface area contributed by atoms with Crippen LogP contribution in [0.3, 0.4) is 0 Å². The fraction of sp³-hybridized carbons (Fsp3) is 0.915. The van der Waals surface area contributed by atoms with Gasteiger partial charge in [-0.05, 0) is 77.3 Å². The minimum atomic E-state index is -1.72. The molecule has 0 radical (unpaired) electrons. The standard InChI is InChI=1S/C47H89NO9/c1-6-11-14-17-20-21-22-23-25-28-34-42(56-46(54)55-40-31-39-48(9-4)10-5)35-36-43(49)57-47(45(52)53,37-29-26-19-16-13-8-3)38-30-33-41(44(50)51)32-27-24-18-15-12-7-2/h41-42H,6-40H2,1-5H3,(H,50,51)(H,52,53). The van der Waals surface area contributed by atoms with Crippen LogP contribution < -0.4 is 0 Å². The first-order valence-corrected chi connectivity index (χ1v) is 23.8. The number of hydrogen-bond donors (Lipinski definition) is 2. The van der Waals surface area contributed by atoms with Gasteiger partial charge in [0, 0.05) is 13.0 Å². The summed E-state index contributed by atoms with van der Waals surface area (Å²) in [6, 6.07) is 0. The van der Waals surface area contributed by atoms with E-state index in [4.69, 9.17) is 14.2 Å². The third-order valence-corrected chi connectivity index (χ3v) is 11.6. The van der Waals surface area contributed by atoms with Crippen LogP contribution in [-0.2, 0) is 28.6 Å². The van der Waals surface area contributed by atoms with Gasteiger partial charge in [0.15, 0.2) is 0 Å². The third-order valence-electron chi connectivity index (χ3n) is 11.6. The highest BCUT2D eigenvalue weighted by molar-refractivity contribution is 5.82. The van der Waals surface area contributed by atoms with E-state index < -0.39 is 41.7 Å². The van der Waals surface area contributed by atoms with Gasteiger partial charge in [-0.2, -0.15) is 0 Å². The third kappa shape index (κ3) is 30.4. The number of carbonyl (C=O) groups is 4. The number of esters is 1. The molecular weight excluding hydrogens is 723 g/mol. The van der Waals surface area contributed by atoms with E-state index in [1.54, 1.807) is 0 Å². The Hall–Kier alpha value is -2.36. The summed E-state index contributed by atoms with van der Waals surface area (Å²) in [5.74, 6) is -3.21. The van der Waals surface area contributed by atoms with Crippen molar-refractivity contribution in [3.8, 4) is 0 Å². The van der Waals surface area contributed by atoms with Crippen LogP contribution in [-0.4, -0.2) is 77.1 Å². The number of carboxylic acids is 2. The molecule has 10 nitrogen and oxygen atoms in total. The fourth-order valence-corrected chi connectivity index (χ4v) is 7.69. The Morgan fingerprint density at radius 1 is 0.544 bits per heavy atom. The van der Waals surface area contributed by atoms with Crippen LogP contribution in [0.4, 0.5) is 4.79 Å². The van der Waals surface area contributed by atoms with Gasteiger partial charge in [0.05, 0.1) is 12.5 Å². The first kappa shape index (κ1) is 54.6. The van der Waals surface area contributed by atoms with E-state index in [0.717, 1.165) is 103 Å². The Bertz CT molecular complexity index is 988. The molecule has 0 aliphatic carbocycles. The van der Waals surface area contributed by atoms with Crippen LogP contribution in [0, 0.1) is 5.92 Å². The van der Waals surface area contributed by atoms with Crippen molar-refractivity contribution >= 4 is 24.1 Å². The van der Waals surface area contributed by atoms with Crippen molar-refractivity contribution in [3.05, 3.63) is 0 Å². The molecular formula is C47H89NO9. The first-order chi connectivity index (χ1) is 27.6. The summed E-state index contributed by atoms with van der Waals surface area (Å²) >= 11 is 0. The van der Waals surface area contributed by atoms with Crippen LogP contribution in [0.1, 0.15) is 234 Å². The molecule has 0 bridgehead atoms. The molecule has 0 aliphatic rings.